The predicted octanol–water partition coefficient (Wildman–Crippen LogP) is 13.6. The summed E-state index contributed by atoms with van der Waals surface area (Å²) in [5.74, 6) is 0. The summed E-state index contributed by atoms with van der Waals surface area (Å²) in [4.78, 5) is 5.28. The summed E-state index contributed by atoms with van der Waals surface area (Å²) in [6, 6.07) is 11.1. The molecule has 0 radical (unpaired) electrons. The number of hydrogen-bond donors (Lipinski definition) is 0. The smallest absolute Gasteiger partial charge is 0.101 e. The van der Waals surface area contributed by atoms with Gasteiger partial charge in [-0.05, 0) is 24.8 Å². The molecule has 1 aliphatic rings. The third kappa shape index (κ3) is 20.3. The van der Waals surface area contributed by atoms with Crippen LogP contribution in [0.1, 0.15) is 199 Å². The zero-order chi connectivity index (χ0) is 30.5. The number of hydrogen-bond acceptors (Lipinski definition) is 2. The Morgan fingerprint density at radius 1 is 0.419 bits per heavy atom. The Hall–Kier alpha value is -1.44. The van der Waals surface area contributed by atoms with Crippen LogP contribution < -0.4 is 0 Å². The predicted molar refractivity (Wildman–Crippen MR) is 192 cm³/mol. The van der Waals surface area contributed by atoms with E-state index in [1.165, 1.54) is 192 Å². The molecule has 0 bridgehead atoms. The second-order valence-corrected chi connectivity index (χ2v) is 13.8. The molecule has 0 N–H and O–H groups in total. The zero-order valence-electron chi connectivity index (χ0n) is 29.2. The molecule has 0 spiro atoms. The lowest BCUT2D eigenvalue weighted by Gasteiger charge is -2.33. The fourth-order valence-corrected chi connectivity index (χ4v) is 6.90. The van der Waals surface area contributed by atoms with Gasteiger partial charge in [-0.25, -0.2) is 0 Å². The standard InChI is InChI=1S/C41H74N2/c1-3-5-7-9-11-13-15-16-17-18-19-20-21-22-24-26-31-35-41-42(36-32-27-25-23-14-12-10-8-6-4-2)37-38-43(41)39-40-33-29-28-30-34-40/h28-30,33-34,37-38,41H,3-27,31-32,35-36,39H2,1-2H3. The van der Waals surface area contributed by atoms with E-state index in [1.54, 1.807) is 0 Å². The molecular weight excluding hydrogens is 520 g/mol. The van der Waals surface area contributed by atoms with Crippen LogP contribution in [0.5, 0.6) is 0 Å². The Balaban J connectivity index is 1.52. The van der Waals surface area contributed by atoms with E-state index in [4.69, 9.17) is 0 Å². The van der Waals surface area contributed by atoms with Crippen LogP contribution in [0.2, 0.25) is 0 Å². The minimum atomic E-state index is 0.551. The largest absolute Gasteiger partial charge is 0.356 e. The molecule has 1 aromatic carbocycles. The number of nitrogens with zero attached hydrogens (tertiary/aromatic N) is 2. The van der Waals surface area contributed by atoms with Crippen LogP contribution in [0.25, 0.3) is 0 Å². The first-order valence-electron chi connectivity index (χ1n) is 19.6. The van der Waals surface area contributed by atoms with Gasteiger partial charge in [0.2, 0.25) is 0 Å². The van der Waals surface area contributed by atoms with E-state index in [0.717, 1.165) is 6.54 Å². The molecule has 0 amide bonds. The monoisotopic (exact) mass is 595 g/mol. The lowest BCUT2D eigenvalue weighted by molar-refractivity contribution is 0.132. The maximum atomic E-state index is 2.67. The van der Waals surface area contributed by atoms with Gasteiger partial charge in [0.15, 0.2) is 0 Å². The van der Waals surface area contributed by atoms with Crippen LogP contribution in [-0.4, -0.2) is 22.5 Å². The van der Waals surface area contributed by atoms with E-state index in [9.17, 15) is 0 Å². The Morgan fingerprint density at radius 2 is 0.791 bits per heavy atom. The van der Waals surface area contributed by atoms with Crippen molar-refractivity contribution in [1.29, 1.82) is 0 Å². The number of benzene rings is 1. The van der Waals surface area contributed by atoms with Gasteiger partial charge in [-0.15, -0.1) is 0 Å². The molecule has 43 heavy (non-hydrogen) atoms. The molecule has 0 fully saturated rings. The van der Waals surface area contributed by atoms with Gasteiger partial charge < -0.3 is 9.80 Å². The Labute approximate surface area is 270 Å². The van der Waals surface area contributed by atoms with Gasteiger partial charge in [0, 0.05) is 25.5 Å². The topological polar surface area (TPSA) is 6.48 Å². The summed E-state index contributed by atoms with van der Waals surface area (Å²) >= 11 is 0. The molecule has 0 saturated carbocycles. The fraction of sp³-hybridized carbons (Fsp3) is 0.805. The van der Waals surface area contributed by atoms with Crippen LogP contribution in [0, 0.1) is 0 Å². The second kappa shape index (κ2) is 28.1. The molecule has 1 aliphatic heterocycles. The van der Waals surface area contributed by atoms with Crippen molar-refractivity contribution in [1.82, 2.24) is 9.80 Å². The van der Waals surface area contributed by atoms with Gasteiger partial charge in [-0.1, -0.05) is 205 Å². The third-order valence-corrected chi connectivity index (χ3v) is 9.76. The van der Waals surface area contributed by atoms with Crippen molar-refractivity contribution in [2.24, 2.45) is 0 Å². The van der Waals surface area contributed by atoms with E-state index < -0.39 is 0 Å². The Kier molecular flexibility index (Phi) is 24.6. The maximum absolute atomic E-state index is 2.67. The highest BCUT2D eigenvalue weighted by Crippen LogP contribution is 2.25. The summed E-state index contributed by atoms with van der Waals surface area (Å²) in [7, 11) is 0. The van der Waals surface area contributed by atoms with E-state index in [1.807, 2.05) is 0 Å². The van der Waals surface area contributed by atoms with E-state index in [2.05, 4.69) is 66.4 Å². The maximum Gasteiger partial charge on any atom is 0.101 e. The van der Waals surface area contributed by atoms with Crippen molar-refractivity contribution in [2.75, 3.05) is 6.54 Å². The highest BCUT2D eigenvalue weighted by atomic mass is 15.4. The lowest BCUT2D eigenvalue weighted by Crippen LogP contribution is -2.38. The highest BCUT2D eigenvalue weighted by molar-refractivity contribution is 5.16. The van der Waals surface area contributed by atoms with Crippen molar-refractivity contribution in [3.8, 4) is 0 Å². The lowest BCUT2D eigenvalue weighted by atomic mass is 10.0. The quantitative estimate of drug-likeness (QED) is 0.0789. The molecule has 1 aromatic rings. The Bertz CT molecular complexity index is 728. The van der Waals surface area contributed by atoms with Crippen molar-refractivity contribution in [2.45, 2.75) is 206 Å². The van der Waals surface area contributed by atoms with Gasteiger partial charge in [0.25, 0.3) is 0 Å². The van der Waals surface area contributed by atoms with Crippen LogP contribution in [0.15, 0.2) is 42.7 Å². The van der Waals surface area contributed by atoms with E-state index in [0.29, 0.717) is 6.17 Å². The third-order valence-electron chi connectivity index (χ3n) is 9.76. The number of unbranched alkanes of at least 4 members (excludes halogenated alkanes) is 25. The SMILES string of the molecule is CCCCCCCCCCCCCCCCCCCC1N(CCCCCCCCCCCC)C=CN1Cc1ccccc1. The minimum absolute atomic E-state index is 0.551. The summed E-state index contributed by atoms with van der Waals surface area (Å²) in [5, 5.41) is 0. The molecule has 2 rings (SSSR count). The summed E-state index contributed by atoms with van der Waals surface area (Å²) < 4.78 is 0. The summed E-state index contributed by atoms with van der Waals surface area (Å²) in [6.45, 7) is 6.88. The van der Waals surface area contributed by atoms with Crippen molar-refractivity contribution in [3.63, 3.8) is 0 Å². The second-order valence-electron chi connectivity index (χ2n) is 13.8. The van der Waals surface area contributed by atoms with Gasteiger partial charge in [0.1, 0.15) is 6.17 Å². The fourth-order valence-electron chi connectivity index (χ4n) is 6.90. The van der Waals surface area contributed by atoms with Crippen molar-refractivity contribution >= 4 is 0 Å². The minimum Gasteiger partial charge on any atom is -0.356 e. The van der Waals surface area contributed by atoms with Gasteiger partial charge in [0.05, 0.1) is 0 Å². The molecule has 0 aliphatic carbocycles. The van der Waals surface area contributed by atoms with E-state index >= 15 is 0 Å². The molecule has 1 heterocycles. The molecule has 0 aromatic heterocycles. The highest BCUT2D eigenvalue weighted by Gasteiger charge is 2.25. The van der Waals surface area contributed by atoms with Crippen LogP contribution in [0.3, 0.4) is 0 Å². The van der Waals surface area contributed by atoms with Crippen molar-refractivity contribution in [3.05, 3.63) is 48.3 Å². The molecular formula is C41H74N2. The average Bonchev–Trinajstić information content (AvgIpc) is 3.40. The first-order valence-corrected chi connectivity index (χ1v) is 19.6. The normalized spacial score (nSPS) is 14.8. The summed E-state index contributed by atoms with van der Waals surface area (Å²) in [6.07, 6.45) is 45.3. The first kappa shape index (κ1) is 37.7. The molecule has 2 nitrogen and oxygen atoms in total. The molecule has 0 saturated heterocycles. The van der Waals surface area contributed by atoms with Gasteiger partial charge in [-0.2, -0.15) is 0 Å². The molecule has 2 heteroatoms. The molecule has 248 valence electrons. The van der Waals surface area contributed by atoms with Crippen LogP contribution in [-0.2, 0) is 6.54 Å². The number of rotatable bonds is 31. The van der Waals surface area contributed by atoms with Crippen LogP contribution >= 0.6 is 0 Å². The first-order chi connectivity index (χ1) is 21.3. The van der Waals surface area contributed by atoms with Crippen LogP contribution in [0.4, 0.5) is 0 Å². The average molecular weight is 595 g/mol. The molecule has 1 unspecified atom stereocenters. The van der Waals surface area contributed by atoms with Gasteiger partial charge in [-0.3, -0.25) is 0 Å². The van der Waals surface area contributed by atoms with Crippen molar-refractivity contribution < 1.29 is 0 Å². The zero-order valence-corrected chi connectivity index (χ0v) is 29.2. The van der Waals surface area contributed by atoms with E-state index in [-0.39, 0.29) is 0 Å². The molecule has 1 atom stereocenters. The van der Waals surface area contributed by atoms with Gasteiger partial charge >= 0.3 is 0 Å². The summed E-state index contributed by atoms with van der Waals surface area (Å²) in [5.41, 5.74) is 1.43. The Morgan fingerprint density at radius 3 is 1.23 bits per heavy atom.